The summed E-state index contributed by atoms with van der Waals surface area (Å²) in [6.45, 7) is 1.27. The molecule has 0 aliphatic carbocycles. The van der Waals surface area contributed by atoms with Gasteiger partial charge in [0.1, 0.15) is 16.7 Å². The third kappa shape index (κ3) is 1.95. The first kappa shape index (κ1) is 14.3. The number of ether oxygens (including phenoxy) is 1. The van der Waals surface area contributed by atoms with Gasteiger partial charge in [-0.1, -0.05) is 36.4 Å². The Kier molecular flexibility index (Phi) is 3.03. The van der Waals surface area contributed by atoms with Crippen LogP contribution in [0.3, 0.4) is 0 Å². The lowest BCUT2D eigenvalue weighted by Gasteiger charge is -2.12. The van der Waals surface area contributed by atoms with Crippen LogP contribution in [0.1, 0.15) is 6.92 Å². The van der Waals surface area contributed by atoms with Crippen molar-refractivity contribution in [1.82, 2.24) is 0 Å². The monoisotopic (exact) mass is 320 g/mol. The van der Waals surface area contributed by atoms with Gasteiger partial charge in [0.15, 0.2) is 11.3 Å². The predicted octanol–water partition coefficient (Wildman–Crippen LogP) is 3.73. The molecule has 4 rings (SSSR count). The topological polar surface area (TPSA) is 76.7 Å². The zero-order valence-electron chi connectivity index (χ0n) is 12.7. The minimum atomic E-state index is -0.539. The summed E-state index contributed by atoms with van der Waals surface area (Å²) in [6, 6.07) is 13.6. The first-order valence-electron chi connectivity index (χ1n) is 7.35. The van der Waals surface area contributed by atoms with Crippen molar-refractivity contribution in [3.8, 4) is 11.5 Å². The molecule has 24 heavy (non-hydrogen) atoms. The Morgan fingerprint density at radius 2 is 1.62 bits per heavy atom. The van der Waals surface area contributed by atoms with Gasteiger partial charge in [-0.15, -0.1) is 0 Å². The van der Waals surface area contributed by atoms with Crippen molar-refractivity contribution >= 4 is 38.7 Å². The van der Waals surface area contributed by atoms with Crippen LogP contribution in [0.2, 0.25) is 0 Å². The molecule has 1 heterocycles. The van der Waals surface area contributed by atoms with E-state index in [0.717, 1.165) is 0 Å². The molecule has 0 spiro atoms. The highest BCUT2D eigenvalue weighted by Crippen LogP contribution is 2.41. The van der Waals surface area contributed by atoms with Crippen LogP contribution in [0.25, 0.3) is 32.7 Å². The summed E-state index contributed by atoms with van der Waals surface area (Å²) in [7, 11) is 0. The number of esters is 1. The largest absolute Gasteiger partial charge is 0.506 e. The standard InChI is InChI=1S/C19H12O5/c1-10(20)23-18-12-7-3-2-6-11(12)16(21)15-17(22)13-8-4-5-9-14(13)24-19(15)18/h2-9,21H,1H3. The van der Waals surface area contributed by atoms with Crippen LogP contribution in [0, 0.1) is 0 Å². The Bertz CT molecular complexity index is 1190. The van der Waals surface area contributed by atoms with Crippen molar-refractivity contribution in [3.05, 3.63) is 58.8 Å². The normalized spacial score (nSPS) is 11.2. The zero-order valence-corrected chi connectivity index (χ0v) is 12.7. The lowest BCUT2D eigenvalue weighted by molar-refractivity contribution is -0.131. The van der Waals surface area contributed by atoms with Gasteiger partial charge in [0, 0.05) is 17.7 Å². The summed E-state index contributed by atoms with van der Waals surface area (Å²) in [6.07, 6.45) is 0. The summed E-state index contributed by atoms with van der Waals surface area (Å²) in [5.74, 6) is -0.590. The highest BCUT2D eigenvalue weighted by molar-refractivity contribution is 6.11. The molecular weight excluding hydrogens is 308 g/mol. The van der Waals surface area contributed by atoms with Gasteiger partial charge in [-0.05, 0) is 12.1 Å². The number of carbonyl (C=O) groups is 1. The predicted molar refractivity (Wildman–Crippen MR) is 90.5 cm³/mol. The molecule has 0 bridgehead atoms. The molecular formula is C19H12O5. The van der Waals surface area contributed by atoms with Crippen molar-refractivity contribution in [2.75, 3.05) is 0 Å². The van der Waals surface area contributed by atoms with E-state index in [1.807, 2.05) is 0 Å². The number of rotatable bonds is 1. The van der Waals surface area contributed by atoms with Gasteiger partial charge in [0.05, 0.1) is 5.39 Å². The number of hydrogen-bond donors (Lipinski definition) is 1. The van der Waals surface area contributed by atoms with Crippen LogP contribution in [0.15, 0.2) is 57.7 Å². The number of phenols is 1. The fourth-order valence-electron chi connectivity index (χ4n) is 2.91. The number of aromatic hydroxyl groups is 1. The maximum Gasteiger partial charge on any atom is 0.308 e. The fraction of sp³-hybridized carbons (Fsp3) is 0.0526. The van der Waals surface area contributed by atoms with Gasteiger partial charge in [-0.2, -0.15) is 0 Å². The average Bonchev–Trinajstić information content (AvgIpc) is 2.58. The number of benzene rings is 3. The van der Waals surface area contributed by atoms with E-state index in [0.29, 0.717) is 21.7 Å². The fourth-order valence-corrected chi connectivity index (χ4v) is 2.91. The minimum absolute atomic E-state index is 0.00338. The SMILES string of the molecule is CC(=O)Oc1c2ccccc2c(O)c2c(=O)c3ccccc3oc12. The number of phenolic OH excluding ortho intramolecular Hbond substituents is 1. The van der Waals surface area contributed by atoms with E-state index in [-0.39, 0.29) is 27.9 Å². The molecule has 0 fully saturated rings. The van der Waals surface area contributed by atoms with Crippen molar-refractivity contribution in [1.29, 1.82) is 0 Å². The van der Waals surface area contributed by atoms with Gasteiger partial charge in [0.2, 0.25) is 5.43 Å². The van der Waals surface area contributed by atoms with Gasteiger partial charge in [-0.25, -0.2) is 0 Å². The molecule has 4 aromatic rings. The molecule has 0 saturated heterocycles. The summed E-state index contributed by atoms with van der Waals surface area (Å²) in [5.41, 5.74) is 0.0479. The van der Waals surface area contributed by atoms with Crippen LogP contribution in [0.5, 0.6) is 11.5 Å². The number of carbonyl (C=O) groups excluding carboxylic acids is 1. The highest BCUT2D eigenvalue weighted by atomic mass is 16.5. The third-order valence-electron chi connectivity index (χ3n) is 3.91. The summed E-state index contributed by atoms with van der Waals surface area (Å²) in [4.78, 5) is 24.4. The van der Waals surface area contributed by atoms with Crippen LogP contribution in [0.4, 0.5) is 0 Å². The Hall–Kier alpha value is -3.34. The Labute approximate surface area is 135 Å². The molecule has 0 saturated carbocycles. The van der Waals surface area contributed by atoms with E-state index in [2.05, 4.69) is 0 Å². The number of fused-ring (bicyclic) bond motifs is 3. The molecule has 0 aliphatic rings. The van der Waals surface area contributed by atoms with Crippen molar-refractivity contribution in [2.24, 2.45) is 0 Å². The van der Waals surface area contributed by atoms with Crippen molar-refractivity contribution in [2.45, 2.75) is 6.92 Å². The lowest BCUT2D eigenvalue weighted by Crippen LogP contribution is -2.07. The van der Waals surface area contributed by atoms with E-state index in [4.69, 9.17) is 9.15 Å². The molecule has 118 valence electrons. The van der Waals surface area contributed by atoms with E-state index >= 15 is 0 Å². The maximum atomic E-state index is 12.8. The van der Waals surface area contributed by atoms with E-state index < -0.39 is 5.97 Å². The van der Waals surface area contributed by atoms with Crippen LogP contribution in [-0.2, 0) is 4.79 Å². The Balaban J connectivity index is 2.33. The van der Waals surface area contributed by atoms with Crippen molar-refractivity contribution in [3.63, 3.8) is 0 Å². The van der Waals surface area contributed by atoms with Gasteiger partial charge >= 0.3 is 5.97 Å². The first-order chi connectivity index (χ1) is 11.6. The molecule has 5 nitrogen and oxygen atoms in total. The second kappa shape index (κ2) is 5.09. The van der Waals surface area contributed by atoms with Crippen LogP contribution in [-0.4, -0.2) is 11.1 Å². The molecule has 0 radical (unpaired) electrons. The quantitative estimate of drug-likeness (QED) is 0.328. The van der Waals surface area contributed by atoms with Crippen molar-refractivity contribution < 1.29 is 19.1 Å². The minimum Gasteiger partial charge on any atom is -0.506 e. The molecule has 1 aromatic heterocycles. The first-order valence-corrected chi connectivity index (χ1v) is 7.35. The Morgan fingerprint density at radius 1 is 1.00 bits per heavy atom. The number of para-hydroxylation sites is 1. The molecule has 0 unspecified atom stereocenters. The average molecular weight is 320 g/mol. The third-order valence-corrected chi connectivity index (χ3v) is 3.91. The van der Waals surface area contributed by atoms with Crippen LogP contribution < -0.4 is 10.2 Å². The van der Waals surface area contributed by atoms with Gasteiger partial charge in [-0.3, -0.25) is 9.59 Å². The molecule has 0 aliphatic heterocycles. The van der Waals surface area contributed by atoms with E-state index in [1.54, 1.807) is 48.5 Å². The number of hydrogen-bond acceptors (Lipinski definition) is 5. The summed E-state index contributed by atoms with van der Waals surface area (Å²) >= 11 is 0. The van der Waals surface area contributed by atoms with E-state index in [1.165, 1.54) is 6.92 Å². The van der Waals surface area contributed by atoms with Gasteiger partial charge in [0.25, 0.3) is 0 Å². The van der Waals surface area contributed by atoms with E-state index in [9.17, 15) is 14.7 Å². The molecule has 0 amide bonds. The maximum absolute atomic E-state index is 12.8. The second-order valence-electron chi connectivity index (χ2n) is 5.45. The second-order valence-corrected chi connectivity index (χ2v) is 5.45. The lowest BCUT2D eigenvalue weighted by atomic mass is 10.0. The summed E-state index contributed by atoms with van der Waals surface area (Å²) < 4.78 is 11.1. The highest BCUT2D eigenvalue weighted by Gasteiger charge is 2.21. The van der Waals surface area contributed by atoms with Gasteiger partial charge < -0.3 is 14.3 Å². The molecule has 0 atom stereocenters. The summed E-state index contributed by atoms with van der Waals surface area (Å²) in [5, 5.41) is 11.9. The smallest absolute Gasteiger partial charge is 0.308 e. The Morgan fingerprint density at radius 3 is 2.33 bits per heavy atom. The molecule has 5 heteroatoms. The zero-order chi connectivity index (χ0) is 16.8. The molecule has 1 N–H and O–H groups in total. The molecule has 3 aromatic carbocycles. The van der Waals surface area contributed by atoms with Crippen LogP contribution >= 0.6 is 0 Å².